The van der Waals surface area contributed by atoms with Crippen molar-refractivity contribution in [2.24, 2.45) is 5.84 Å². The molecule has 0 unspecified atom stereocenters. The van der Waals surface area contributed by atoms with Crippen LogP contribution in [0.1, 0.15) is 19.3 Å². The molecule has 9 nitrogen and oxygen atoms in total. The lowest BCUT2D eigenvalue weighted by molar-refractivity contribution is -0.386. The molecular formula is C11H18N6O3. The molecule has 0 atom stereocenters. The maximum atomic E-state index is 10.9. The first-order chi connectivity index (χ1) is 9.70. The molecule has 110 valence electrons. The Labute approximate surface area is 116 Å². The second-order valence-corrected chi connectivity index (χ2v) is 4.54. The van der Waals surface area contributed by atoms with E-state index < -0.39 is 4.92 Å². The van der Waals surface area contributed by atoms with Crippen molar-refractivity contribution in [3.8, 4) is 5.88 Å². The predicted octanol–water partition coefficient (Wildman–Crippen LogP) is 0.535. The summed E-state index contributed by atoms with van der Waals surface area (Å²) in [6, 6.07) is 0. The third-order valence-corrected chi connectivity index (χ3v) is 3.16. The number of aromatic nitrogens is 2. The van der Waals surface area contributed by atoms with Crippen LogP contribution in [0.3, 0.4) is 0 Å². The number of hydrogen-bond acceptors (Lipinski definition) is 8. The van der Waals surface area contributed by atoms with Gasteiger partial charge in [-0.2, -0.15) is 4.98 Å². The van der Waals surface area contributed by atoms with Gasteiger partial charge in [0.05, 0.1) is 4.92 Å². The van der Waals surface area contributed by atoms with E-state index >= 15 is 0 Å². The number of ether oxygens (including phenoxy) is 1. The Bertz CT molecular complexity index is 463. The number of nitrogens with zero attached hydrogens (tertiary/aromatic N) is 4. The SMILES string of the molecule is NNc1ncc([N+](=O)[O-])c(OCCN2CCCCC2)n1. The maximum absolute atomic E-state index is 10.9. The zero-order valence-corrected chi connectivity index (χ0v) is 11.1. The number of nitrogen functional groups attached to an aromatic ring is 1. The van der Waals surface area contributed by atoms with Crippen molar-refractivity contribution in [3.63, 3.8) is 0 Å². The first-order valence-electron chi connectivity index (χ1n) is 6.54. The molecule has 1 aliphatic rings. The lowest BCUT2D eigenvalue weighted by Crippen LogP contribution is -2.33. The third-order valence-electron chi connectivity index (χ3n) is 3.16. The first kappa shape index (κ1) is 14.4. The van der Waals surface area contributed by atoms with Crippen molar-refractivity contribution in [3.05, 3.63) is 16.3 Å². The van der Waals surface area contributed by atoms with E-state index in [0.717, 1.165) is 25.8 Å². The van der Waals surface area contributed by atoms with Crippen LogP contribution in [-0.4, -0.2) is 46.0 Å². The second-order valence-electron chi connectivity index (χ2n) is 4.54. The van der Waals surface area contributed by atoms with Crippen molar-refractivity contribution in [1.29, 1.82) is 0 Å². The number of nitrogens with two attached hydrogens (primary N) is 1. The summed E-state index contributed by atoms with van der Waals surface area (Å²) in [4.78, 5) is 20.1. The third kappa shape index (κ3) is 3.75. The highest BCUT2D eigenvalue weighted by Gasteiger charge is 2.19. The second kappa shape index (κ2) is 6.96. The molecule has 2 heterocycles. The van der Waals surface area contributed by atoms with E-state index in [1.54, 1.807) is 0 Å². The first-order valence-corrected chi connectivity index (χ1v) is 6.54. The number of hydrogen-bond donors (Lipinski definition) is 2. The number of likely N-dealkylation sites (tertiary alicyclic amines) is 1. The van der Waals surface area contributed by atoms with Crippen molar-refractivity contribution in [2.45, 2.75) is 19.3 Å². The van der Waals surface area contributed by atoms with Gasteiger partial charge in [-0.15, -0.1) is 0 Å². The summed E-state index contributed by atoms with van der Waals surface area (Å²) in [5, 5.41) is 10.9. The van der Waals surface area contributed by atoms with E-state index in [4.69, 9.17) is 10.6 Å². The Hall–Kier alpha value is -2.00. The van der Waals surface area contributed by atoms with E-state index in [9.17, 15) is 10.1 Å². The summed E-state index contributed by atoms with van der Waals surface area (Å²) >= 11 is 0. The molecule has 1 aromatic rings. The normalized spacial score (nSPS) is 15.8. The summed E-state index contributed by atoms with van der Waals surface area (Å²) in [5.41, 5.74) is 1.98. The topological polar surface area (TPSA) is 119 Å². The monoisotopic (exact) mass is 282 g/mol. The molecule has 0 spiro atoms. The number of nitro groups is 1. The van der Waals surface area contributed by atoms with Gasteiger partial charge in [-0.1, -0.05) is 6.42 Å². The van der Waals surface area contributed by atoms with E-state index in [2.05, 4.69) is 20.3 Å². The highest BCUT2D eigenvalue weighted by atomic mass is 16.6. The van der Waals surface area contributed by atoms with E-state index in [1.807, 2.05) is 0 Å². The molecule has 1 saturated heterocycles. The molecule has 1 aliphatic heterocycles. The zero-order valence-electron chi connectivity index (χ0n) is 11.1. The summed E-state index contributed by atoms with van der Waals surface area (Å²) < 4.78 is 5.41. The quantitative estimate of drug-likeness (QED) is 0.440. The molecule has 9 heteroatoms. The van der Waals surface area contributed by atoms with Gasteiger partial charge < -0.3 is 4.74 Å². The van der Waals surface area contributed by atoms with E-state index in [1.165, 1.54) is 19.3 Å². The Kier molecular flexibility index (Phi) is 5.02. The van der Waals surface area contributed by atoms with Crippen LogP contribution in [-0.2, 0) is 0 Å². The molecule has 0 amide bonds. The van der Waals surface area contributed by atoms with Gasteiger partial charge in [-0.25, -0.2) is 10.8 Å². The summed E-state index contributed by atoms with van der Waals surface area (Å²) in [6.07, 6.45) is 4.72. The molecule has 3 N–H and O–H groups in total. The minimum atomic E-state index is -0.573. The van der Waals surface area contributed by atoms with Gasteiger partial charge >= 0.3 is 5.69 Å². The van der Waals surface area contributed by atoms with Crippen LogP contribution in [0.5, 0.6) is 5.88 Å². The molecule has 1 aromatic heterocycles. The fourth-order valence-corrected chi connectivity index (χ4v) is 2.12. The van der Waals surface area contributed by atoms with Crippen LogP contribution in [0, 0.1) is 10.1 Å². The van der Waals surface area contributed by atoms with Crippen LogP contribution >= 0.6 is 0 Å². The minimum absolute atomic E-state index is 0.0602. The number of anilines is 1. The highest BCUT2D eigenvalue weighted by Crippen LogP contribution is 2.24. The van der Waals surface area contributed by atoms with Crippen molar-refractivity contribution >= 4 is 11.6 Å². The number of piperidine rings is 1. The standard InChI is InChI=1S/C11H18N6O3/c12-15-11-13-8-9(17(18)19)10(14-11)20-7-6-16-4-2-1-3-5-16/h8H,1-7,12H2,(H,13,14,15). The minimum Gasteiger partial charge on any atom is -0.471 e. The Morgan fingerprint density at radius 2 is 2.20 bits per heavy atom. The van der Waals surface area contributed by atoms with Crippen LogP contribution in [0.2, 0.25) is 0 Å². The van der Waals surface area contributed by atoms with Gasteiger partial charge in [-0.3, -0.25) is 20.4 Å². The lowest BCUT2D eigenvalue weighted by atomic mass is 10.1. The summed E-state index contributed by atoms with van der Waals surface area (Å²) in [5.74, 6) is 5.21. The molecule has 0 radical (unpaired) electrons. The van der Waals surface area contributed by atoms with Gasteiger partial charge in [0.25, 0.3) is 5.88 Å². The molecule has 0 bridgehead atoms. The van der Waals surface area contributed by atoms with Crippen molar-refractivity contribution < 1.29 is 9.66 Å². The van der Waals surface area contributed by atoms with Gasteiger partial charge in [0.2, 0.25) is 5.95 Å². The average molecular weight is 282 g/mol. The van der Waals surface area contributed by atoms with E-state index in [-0.39, 0.29) is 17.5 Å². The molecule has 20 heavy (non-hydrogen) atoms. The molecule has 0 aromatic carbocycles. The fraction of sp³-hybridized carbons (Fsp3) is 0.636. The van der Waals surface area contributed by atoms with E-state index in [0.29, 0.717) is 6.61 Å². The summed E-state index contributed by atoms with van der Waals surface area (Å²) in [7, 11) is 0. The van der Waals surface area contributed by atoms with Gasteiger partial charge in [0, 0.05) is 6.54 Å². The zero-order chi connectivity index (χ0) is 14.4. The Morgan fingerprint density at radius 1 is 1.45 bits per heavy atom. The molecule has 0 saturated carbocycles. The van der Waals surface area contributed by atoms with Gasteiger partial charge in [0.1, 0.15) is 12.8 Å². The smallest absolute Gasteiger partial charge is 0.349 e. The van der Waals surface area contributed by atoms with Crippen LogP contribution in [0.25, 0.3) is 0 Å². The number of nitrogens with one attached hydrogen (secondary N) is 1. The largest absolute Gasteiger partial charge is 0.471 e. The number of hydrazine groups is 1. The van der Waals surface area contributed by atoms with Crippen LogP contribution in [0.4, 0.5) is 11.6 Å². The molecule has 2 rings (SSSR count). The van der Waals surface area contributed by atoms with Gasteiger partial charge in [0.15, 0.2) is 0 Å². The average Bonchev–Trinajstić information content (AvgIpc) is 2.48. The summed E-state index contributed by atoms with van der Waals surface area (Å²) in [6.45, 7) is 3.17. The maximum Gasteiger partial charge on any atom is 0.349 e. The number of rotatable bonds is 6. The molecular weight excluding hydrogens is 264 g/mol. The molecule has 0 aliphatic carbocycles. The predicted molar refractivity (Wildman–Crippen MR) is 72.3 cm³/mol. The van der Waals surface area contributed by atoms with Gasteiger partial charge in [-0.05, 0) is 25.9 Å². The molecule has 1 fully saturated rings. The van der Waals surface area contributed by atoms with Crippen molar-refractivity contribution in [2.75, 3.05) is 31.7 Å². The van der Waals surface area contributed by atoms with Crippen LogP contribution < -0.4 is 16.0 Å². The Balaban J connectivity index is 1.94. The lowest BCUT2D eigenvalue weighted by Gasteiger charge is -2.25. The fourth-order valence-electron chi connectivity index (χ4n) is 2.12. The highest BCUT2D eigenvalue weighted by molar-refractivity contribution is 5.42. The Morgan fingerprint density at radius 3 is 2.85 bits per heavy atom. The van der Waals surface area contributed by atoms with Crippen molar-refractivity contribution in [1.82, 2.24) is 14.9 Å². The van der Waals surface area contributed by atoms with Crippen LogP contribution in [0.15, 0.2) is 6.20 Å².